The lowest BCUT2D eigenvalue weighted by Gasteiger charge is -2.16. The number of methoxy groups -OCH3 is 1. The summed E-state index contributed by atoms with van der Waals surface area (Å²) in [6, 6.07) is 9.96. The number of phenolic OH excluding ortho intramolecular Hbond substituents is 1. The van der Waals surface area contributed by atoms with Crippen molar-refractivity contribution in [2.45, 2.75) is 26.9 Å². The number of aromatic hydroxyl groups is 1. The summed E-state index contributed by atoms with van der Waals surface area (Å²) in [4.78, 5) is 24.4. The van der Waals surface area contributed by atoms with Gasteiger partial charge in [-0.25, -0.2) is 4.79 Å². The maximum atomic E-state index is 12.3. The molecule has 2 aromatic carbocycles. The molecule has 2 aromatic rings. The van der Waals surface area contributed by atoms with Crippen molar-refractivity contribution in [1.29, 1.82) is 0 Å². The van der Waals surface area contributed by atoms with Crippen LogP contribution < -0.4 is 10.1 Å². The number of carbonyl (C=O) groups is 2. The van der Waals surface area contributed by atoms with Crippen LogP contribution in [0.25, 0.3) is 0 Å². The molecule has 0 aromatic heterocycles. The Hall–Kier alpha value is -3.02. The molecule has 6 nitrogen and oxygen atoms in total. The monoisotopic (exact) mass is 343 g/mol. The lowest BCUT2D eigenvalue weighted by atomic mass is 10.1. The van der Waals surface area contributed by atoms with Gasteiger partial charge in [-0.1, -0.05) is 12.1 Å². The van der Waals surface area contributed by atoms with Crippen LogP contribution in [0, 0.1) is 13.8 Å². The van der Waals surface area contributed by atoms with Crippen LogP contribution in [-0.2, 0) is 9.53 Å². The average Bonchev–Trinajstić information content (AvgIpc) is 2.54. The molecule has 0 aliphatic heterocycles. The average molecular weight is 343 g/mol. The number of carbonyl (C=O) groups excluding carboxylic acids is 2. The van der Waals surface area contributed by atoms with Gasteiger partial charge in [0.15, 0.2) is 6.10 Å². The van der Waals surface area contributed by atoms with Crippen LogP contribution in [0.2, 0.25) is 0 Å². The van der Waals surface area contributed by atoms with E-state index < -0.39 is 18.0 Å². The molecule has 2 rings (SSSR count). The Morgan fingerprint density at radius 2 is 1.72 bits per heavy atom. The minimum absolute atomic E-state index is 0.0124. The van der Waals surface area contributed by atoms with Gasteiger partial charge >= 0.3 is 5.97 Å². The number of hydrogen-bond acceptors (Lipinski definition) is 5. The van der Waals surface area contributed by atoms with E-state index in [1.165, 1.54) is 26.2 Å². The molecule has 0 saturated heterocycles. The van der Waals surface area contributed by atoms with Gasteiger partial charge in [0, 0.05) is 0 Å². The summed E-state index contributed by atoms with van der Waals surface area (Å²) >= 11 is 0. The Morgan fingerprint density at radius 1 is 1.08 bits per heavy atom. The predicted molar refractivity (Wildman–Crippen MR) is 94.1 cm³/mol. The number of amides is 1. The van der Waals surface area contributed by atoms with Crippen molar-refractivity contribution in [3.05, 3.63) is 53.1 Å². The van der Waals surface area contributed by atoms with Crippen LogP contribution >= 0.6 is 0 Å². The fourth-order valence-corrected chi connectivity index (χ4v) is 2.25. The summed E-state index contributed by atoms with van der Waals surface area (Å²) < 4.78 is 10.3. The first-order valence-electron chi connectivity index (χ1n) is 7.78. The number of ether oxygens (including phenoxy) is 2. The summed E-state index contributed by atoms with van der Waals surface area (Å²) in [5.74, 6) is -0.938. The van der Waals surface area contributed by atoms with Gasteiger partial charge in [-0.2, -0.15) is 0 Å². The van der Waals surface area contributed by atoms with E-state index >= 15 is 0 Å². The molecule has 0 heterocycles. The molecule has 0 fully saturated rings. The molecule has 0 saturated carbocycles. The Bertz CT molecular complexity index is 800. The maximum Gasteiger partial charge on any atom is 0.342 e. The molecule has 132 valence electrons. The number of anilines is 1. The molecule has 0 bridgehead atoms. The van der Waals surface area contributed by atoms with Gasteiger partial charge < -0.3 is 19.9 Å². The van der Waals surface area contributed by atoms with Crippen LogP contribution in [0.1, 0.15) is 28.4 Å². The quantitative estimate of drug-likeness (QED) is 0.815. The van der Waals surface area contributed by atoms with Crippen LogP contribution in [-0.4, -0.2) is 30.2 Å². The molecule has 0 unspecified atom stereocenters. The zero-order valence-electron chi connectivity index (χ0n) is 14.6. The van der Waals surface area contributed by atoms with Crippen molar-refractivity contribution in [2.24, 2.45) is 0 Å². The van der Waals surface area contributed by atoms with E-state index in [1.54, 1.807) is 25.1 Å². The minimum atomic E-state index is -1.04. The van der Waals surface area contributed by atoms with Crippen LogP contribution in [0.4, 0.5) is 5.69 Å². The van der Waals surface area contributed by atoms with Gasteiger partial charge in [0.25, 0.3) is 5.91 Å². The number of hydrogen-bond donors (Lipinski definition) is 2. The molecule has 25 heavy (non-hydrogen) atoms. The summed E-state index contributed by atoms with van der Waals surface area (Å²) in [5.41, 5.74) is 2.27. The first-order valence-corrected chi connectivity index (χ1v) is 7.78. The molecule has 0 radical (unpaired) electrons. The minimum Gasteiger partial charge on any atom is -0.507 e. The van der Waals surface area contributed by atoms with Crippen molar-refractivity contribution in [2.75, 3.05) is 12.4 Å². The Kier molecular flexibility index (Phi) is 5.64. The Labute approximate surface area is 146 Å². The van der Waals surface area contributed by atoms with E-state index in [4.69, 9.17) is 9.47 Å². The fraction of sp³-hybridized carbons (Fsp3) is 0.263. The molecular weight excluding hydrogens is 322 g/mol. The van der Waals surface area contributed by atoms with Gasteiger partial charge in [-0.15, -0.1) is 0 Å². The summed E-state index contributed by atoms with van der Waals surface area (Å²) in [6.07, 6.45) is -1.04. The zero-order valence-corrected chi connectivity index (χ0v) is 14.6. The number of phenols is 1. The van der Waals surface area contributed by atoms with Gasteiger partial charge in [-0.05, 0) is 56.2 Å². The third-order valence-electron chi connectivity index (χ3n) is 3.64. The highest BCUT2D eigenvalue weighted by molar-refractivity contribution is 5.99. The first kappa shape index (κ1) is 18.3. The van der Waals surface area contributed by atoms with Crippen LogP contribution in [0.3, 0.4) is 0 Å². The third kappa shape index (κ3) is 4.50. The third-order valence-corrected chi connectivity index (χ3v) is 3.64. The first-order chi connectivity index (χ1) is 11.8. The maximum absolute atomic E-state index is 12.3. The smallest absolute Gasteiger partial charge is 0.342 e. The van der Waals surface area contributed by atoms with E-state index in [2.05, 4.69) is 5.32 Å². The van der Waals surface area contributed by atoms with Gasteiger partial charge in [-0.3, -0.25) is 4.79 Å². The summed E-state index contributed by atoms with van der Waals surface area (Å²) in [6.45, 7) is 5.14. The SMILES string of the molecule is COc1ccc(C)cc1NC(=O)[C@H](C)OC(=O)c1ccc(C)cc1O. The highest BCUT2D eigenvalue weighted by Crippen LogP contribution is 2.25. The zero-order chi connectivity index (χ0) is 18.6. The number of rotatable bonds is 5. The lowest BCUT2D eigenvalue weighted by Crippen LogP contribution is -2.30. The van der Waals surface area contributed by atoms with Crippen LogP contribution in [0.15, 0.2) is 36.4 Å². The highest BCUT2D eigenvalue weighted by atomic mass is 16.5. The van der Waals surface area contributed by atoms with E-state index in [1.807, 2.05) is 13.0 Å². The second-order valence-electron chi connectivity index (χ2n) is 5.76. The van der Waals surface area contributed by atoms with E-state index in [0.29, 0.717) is 11.4 Å². The largest absolute Gasteiger partial charge is 0.507 e. The van der Waals surface area contributed by atoms with Gasteiger partial charge in [0.05, 0.1) is 12.8 Å². The standard InChI is InChI=1S/C19H21NO5/c1-11-6-8-17(24-4)15(9-11)20-18(22)13(3)25-19(23)14-7-5-12(2)10-16(14)21/h5-10,13,21H,1-4H3,(H,20,22)/t13-/m0/s1. The van der Waals surface area contributed by atoms with Crippen molar-refractivity contribution in [3.8, 4) is 11.5 Å². The predicted octanol–water partition coefficient (Wildman–Crippen LogP) is 3.20. The molecule has 1 amide bonds. The molecular formula is C19H21NO5. The van der Waals surface area contributed by atoms with Crippen molar-refractivity contribution in [1.82, 2.24) is 0 Å². The number of esters is 1. The van der Waals surface area contributed by atoms with E-state index in [-0.39, 0.29) is 11.3 Å². The number of benzene rings is 2. The molecule has 0 spiro atoms. The van der Waals surface area contributed by atoms with Crippen LogP contribution in [0.5, 0.6) is 11.5 Å². The van der Waals surface area contributed by atoms with Crippen molar-refractivity contribution >= 4 is 17.6 Å². The van der Waals surface area contributed by atoms with E-state index in [9.17, 15) is 14.7 Å². The second-order valence-corrected chi connectivity index (χ2v) is 5.76. The van der Waals surface area contributed by atoms with Gasteiger partial charge in [0.2, 0.25) is 0 Å². The lowest BCUT2D eigenvalue weighted by molar-refractivity contribution is -0.123. The van der Waals surface area contributed by atoms with Crippen molar-refractivity contribution in [3.63, 3.8) is 0 Å². The van der Waals surface area contributed by atoms with Crippen molar-refractivity contribution < 1.29 is 24.2 Å². The Morgan fingerprint density at radius 3 is 2.36 bits per heavy atom. The summed E-state index contributed by atoms with van der Waals surface area (Å²) in [7, 11) is 1.50. The Balaban J connectivity index is 2.07. The topological polar surface area (TPSA) is 84.9 Å². The molecule has 0 aliphatic rings. The normalized spacial score (nSPS) is 11.5. The van der Waals surface area contributed by atoms with E-state index in [0.717, 1.165) is 11.1 Å². The highest BCUT2D eigenvalue weighted by Gasteiger charge is 2.22. The summed E-state index contributed by atoms with van der Waals surface area (Å²) in [5, 5.41) is 12.5. The fourth-order valence-electron chi connectivity index (χ4n) is 2.25. The number of aryl methyl sites for hydroxylation is 2. The molecule has 0 aliphatic carbocycles. The number of nitrogens with one attached hydrogen (secondary N) is 1. The molecule has 6 heteroatoms. The van der Waals surface area contributed by atoms with Gasteiger partial charge in [0.1, 0.15) is 17.1 Å². The molecule has 2 N–H and O–H groups in total. The molecule has 1 atom stereocenters. The second kappa shape index (κ2) is 7.70.